The van der Waals surface area contributed by atoms with Gasteiger partial charge in [-0.05, 0) is 36.3 Å². The van der Waals surface area contributed by atoms with E-state index in [1.165, 1.54) is 6.92 Å². The fourth-order valence-corrected chi connectivity index (χ4v) is 3.96. The number of hydrogen-bond acceptors (Lipinski definition) is 4. The molecule has 1 aromatic carbocycles. The Morgan fingerprint density at radius 2 is 1.88 bits per heavy atom. The number of hydrogen-bond donors (Lipinski definition) is 3. The van der Waals surface area contributed by atoms with Crippen molar-refractivity contribution in [1.29, 1.82) is 0 Å². The minimum Gasteiger partial charge on any atom is -0.381 e. The summed E-state index contributed by atoms with van der Waals surface area (Å²) in [5.41, 5.74) is 0.602. The first-order valence-corrected chi connectivity index (χ1v) is 9.67. The lowest BCUT2D eigenvalue weighted by Crippen LogP contribution is -2.26. The molecular formula is C16H24NO6P. The van der Waals surface area contributed by atoms with Crippen molar-refractivity contribution in [3.05, 3.63) is 35.4 Å². The summed E-state index contributed by atoms with van der Waals surface area (Å²) in [6.45, 7) is 2.52. The van der Waals surface area contributed by atoms with Crippen LogP contribution in [0.3, 0.4) is 0 Å². The van der Waals surface area contributed by atoms with Crippen LogP contribution in [-0.2, 0) is 14.1 Å². The molecule has 8 heteroatoms. The number of rotatable bonds is 6. The van der Waals surface area contributed by atoms with Crippen LogP contribution in [0.2, 0.25) is 0 Å². The predicted molar refractivity (Wildman–Crippen MR) is 87.8 cm³/mol. The molecule has 0 saturated carbocycles. The second kappa shape index (κ2) is 8.23. The summed E-state index contributed by atoms with van der Waals surface area (Å²) < 4.78 is 17.1. The van der Waals surface area contributed by atoms with E-state index in [9.17, 15) is 24.4 Å². The van der Waals surface area contributed by atoms with Gasteiger partial charge in [0.1, 0.15) is 0 Å². The smallest absolute Gasteiger partial charge is 0.333 e. The van der Waals surface area contributed by atoms with Crippen molar-refractivity contribution < 1.29 is 29.1 Å². The van der Waals surface area contributed by atoms with Gasteiger partial charge in [0, 0.05) is 26.7 Å². The zero-order valence-corrected chi connectivity index (χ0v) is 14.6. The van der Waals surface area contributed by atoms with Crippen molar-refractivity contribution in [2.45, 2.75) is 37.8 Å². The van der Waals surface area contributed by atoms with E-state index in [4.69, 9.17) is 4.74 Å². The van der Waals surface area contributed by atoms with Gasteiger partial charge in [-0.15, -0.1) is 0 Å². The molecule has 1 saturated heterocycles. The highest BCUT2D eigenvalue weighted by Crippen LogP contribution is 2.53. The van der Waals surface area contributed by atoms with Crippen LogP contribution < -0.4 is 0 Å². The molecule has 0 aromatic heterocycles. The number of carbonyl (C=O) groups excluding carboxylic acids is 1. The minimum atomic E-state index is -4.40. The zero-order valence-electron chi connectivity index (χ0n) is 13.7. The summed E-state index contributed by atoms with van der Waals surface area (Å²) in [6, 6.07) is 7.25. The van der Waals surface area contributed by atoms with Gasteiger partial charge in [0.25, 0.3) is 0 Å². The molecule has 2 rings (SSSR count). The van der Waals surface area contributed by atoms with Crippen molar-refractivity contribution in [2.24, 2.45) is 0 Å². The highest BCUT2D eigenvalue weighted by molar-refractivity contribution is 7.52. The van der Waals surface area contributed by atoms with E-state index in [2.05, 4.69) is 0 Å². The third-order valence-corrected chi connectivity index (χ3v) is 5.77. The first-order chi connectivity index (χ1) is 11.3. The van der Waals surface area contributed by atoms with Crippen molar-refractivity contribution >= 4 is 13.5 Å². The lowest BCUT2D eigenvalue weighted by Gasteiger charge is -2.24. The number of benzene rings is 1. The lowest BCUT2D eigenvalue weighted by molar-refractivity contribution is -0.162. The fraction of sp³-hybridized carbons (Fsp3) is 0.562. The Morgan fingerprint density at radius 1 is 1.29 bits per heavy atom. The average Bonchev–Trinajstić information content (AvgIpc) is 2.55. The number of nitrogens with zero attached hydrogens (tertiary/aromatic N) is 1. The second-order valence-corrected chi connectivity index (χ2v) is 7.89. The quantitative estimate of drug-likeness (QED) is 0.410. The van der Waals surface area contributed by atoms with E-state index in [0.717, 1.165) is 31.6 Å². The molecule has 0 bridgehead atoms. The van der Waals surface area contributed by atoms with Gasteiger partial charge in [-0.25, -0.2) is 5.06 Å². The van der Waals surface area contributed by atoms with Crippen LogP contribution in [0.5, 0.6) is 0 Å². The van der Waals surface area contributed by atoms with E-state index in [-0.39, 0.29) is 13.0 Å². The zero-order chi connectivity index (χ0) is 17.7. The molecule has 1 fully saturated rings. The molecule has 1 aliphatic rings. The van der Waals surface area contributed by atoms with E-state index in [1.54, 1.807) is 12.1 Å². The van der Waals surface area contributed by atoms with Crippen molar-refractivity contribution in [3.63, 3.8) is 0 Å². The third kappa shape index (κ3) is 5.13. The first kappa shape index (κ1) is 19.1. The summed E-state index contributed by atoms with van der Waals surface area (Å²) >= 11 is 0. The SMILES string of the molecule is CC(=O)N(O)CCC(c1ccc(C2CCOCC2)cc1)P(=O)(O)O. The average molecular weight is 357 g/mol. The van der Waals surface area contributed by atoms with Crippen LogP contribution >= 0.6 is 7.60 Å². The summed E-state index contributed by atoms with van der Waals surface area (Å²) in [5, 5.41) is 9.89. The number of ether oxygens (including phenoxy) is 1. The van der Waals surface area contributed by atoms with Crippen molar-refractivity contribution in [1.82, 2.24) is 5.06 Å². The van der Waals surface area contributed by atoms with E-state index >= 15 is 0 Å². The maximum absolute atomic E-state index is 11.8. The molecule has 1 aromatic rings. The maximum atomic E-state index is 11.8. The summed E-state index contributed by atoms with van der Waals surface area (Å²) in [7, 11) is -4.40. The Balaban J connectivity index is 2.11. The first-order valence-electron chi connectivity index (χ1n) is 7.99. The van der Waals surface area contributed by atoms with Crippen LogP contribution in [-0.4, -0.2) is 45.7 Å². The van der Waals surface area contributed by atoms with Gasteiger partial charge >= 0.3 is 7.60 Å². The van der Waals surface area contributed by atoms with Gasteiger partial charge in [0.05, 0.1) is 5.66 Å². The van der Waals surface area contributed by atoms with Gasteiger partial charge in [0.15, 0.2) is 0 Å². The second-order valence-electron chi connectivity index (χ2n) is 6.09. The van der Waals surface area contributed by atoms with Crippen molar-refractivity contribution in [2.75, 3.05) is 19.8 Å². The summed E-state index contributed by atoms with van der Waals surface area (Å²) in [5.74, 6) is -0.152. The van der Waals surface area contributed by atoms with Gasteiger partial charge in [-0.1, -0.05) is 24.3 Å². The van der Waals surface area contributed by atoms with Crippen LogP contribution in [0, 0.1) is 0 Å². The lowest BCUT2D eigenvalue weighted by atomic mass is 9.91. The largest absolute Gasteiger partial charge is 0.381 e. The predicted octanol–water partition coefficient (Wildman–Crippen LogP) is 2.43. The van der Waals surface area contributed by atoms with Crippen LogP contribution in [0.25, 0.3) is 0 Å². The Bertz CT molecular complexity index is 593. The molecular weight excluding hydrogens is 333 g/mol. The molecule has 0 radical (unpaired) electrons. The summed E-state index contributed by atoms with van der Waals surface area (Å²) in [4.78, 5) is 30.3. The molecule has 1 unspecified atom stereocenters. The molecule has 7 nitrogen and oxygen atoms in total. The van der Waals surface area contributed by atoms with E-state index < -0.39 is 19.2 Å². The normalized spacial score (nSPS) is 17.5. The van der Waals surface area contributed by atoms with Crippen LogP contribution in [0.15, 0.2) is 24.3 Å². The summed E-state index contributed by atoms with van der Waals surface area (Å²) in [6.07, 6.45) is 1.87. The Kier molecular flexibility index (Phi) is 6.54. The molecule has 0 aliphatic carbocycles. The number of carbonyl (C=O) groups is 1. The number of hydroxylamine groups is 2. The Morgan fingerprint density at radius 3 is 2.38 bits per heavy atom. The van der Waals surface area contributed by atoms with Gasteiger partial charge in [-0.2, -0.15) is 0 Å². The van der Waals surface area contributed by atoms with Gasteiger partial charge in [0.2, 0.25) is 5.91 Å². The topological polar surface area (TPSA) is 107 Å². The molecule has 134 valence electrons. The van der Waals surface area contributed by atoms with Crippen molar-refractivity contribution in [3.8, 4) is 0 Å². The molecule has 24 heavy (non-hydrogen) atoms. The fourth-order valence-electron chi connectivity index (χ4n) is 2.95. The molecule has 1 heterocycles. The Labute approximate surface area is 141 Å². The van der Waals surface area contributed by atoms with Gasteiger partial charge < -0.3 is 14.5 Å². The molecule has 3 N–H and O–H groups in total. The Hall–Kier alpha value is -1.24. The molecule has 1 aliphatic heterocycles. The monoisotopic (exact) mass is 357 g/mol. The molecule has 1 atom stereocenters. The molecule has 0 spiro atoms. The minimum absolute atomic E-state index is 0.0169. The van der Waals surface area contributed by atoms with E-state index in [1.807, 2.05) is 12.1 Å². The van der Waals surface area contributed by atoms with Crippen LogP contribution in [0.4, 0.5) is 0 Å². The van der Waals surface area contributed by atoms with E-state index in [0.29, 0.717) is 16.5 Å². The number of amides is 1. The standard InChI is InChI=1S/C16H24NO6P/c1-12(18)17(19)9-6-16(24(20,21)22)15-4-2-13(3-5-15)14-7-10-23-11-8-14/h2-5,14,16,19H,6-11H2,1H3,(H2,20,21,22). The maximum Gasteiger partial charge on any atom is 0.333 e. The third-order valence-electron chi connectivity index (χ3n) is 4.40. The van der Waals surface area contributed by atoms with Gasteiger partial charge in [-0.3, -0.25) is 14.6 Å². The highest BCUT2D eigenvalue weighted by Gasteiger charge is 2.31. The van der Waals surface area contributed by atoms with Crippen LogP contribution in [0.1, 0.15) is 48.9 Å². The molecule has 1 amide bonds. The highest BCUT2D eigenvalue weighted by atomic mass is 31.2.